The Morgan fingerprint density at radius 2 is 2.12 bits per heavy atom. The molecular formula is C18H27N3O3. The Morgan fingerprint density at radius 3 is 2.88 bits per heavy atom. The maximum absolute atomic E-state index is 12.9. The highest BCUT2D eigenvalue weighted by Gasteiger charge is 2.31. The van der Waals surface area contributed by atoms with Gasteiger partial charge in [0.15, 0.2) is 0 Å². The van der Waals surface area contributed by atoms with Crippen molar-refractivity contribution in [2.24, 2.45) is 0 Å². The van der Waals surface area contributed by atoms with Gasteiger partial charge in [0.2, 0.25) is 5.91 Å². The van der Waals surface area contributed by atoms with Crippen molar-refractivity contribution in [2.45, 2.75) is 51.5 Å². The molecule has 6 nitrogen and oxygen atoms in total. The number of rotatable bonds is 4. The van der Waals surface area contributed by atoms with E-state index < -0.39 is 0 Å². The first-order valence-corrected chi connectivity index (χ1v) is 9.10. The Balaban J connectivity index is 1.73. The van der Waals surface area contributed by atoms with E-state index in [1.54, 1.807) is 4.90 Å². The second-order valence-corrected chi connectivity index (χ2v) is 6.62. The molecule has 0 saturated carbocycles. The second kappa shape index (κ2) is 7.73. The average molecular weight is 333 g/mol. The number of nitrogens with zero attached hydrogens (tertiary/aromatic N) is 2. The molecule has 0 unspecified atom stereocenters. The van der Waals surface area contributed by atoms with Crippen molar-refractivity contribution in [1.82, 2.24) is 15.1 Å². The zero-order valence-electron chi connectivity index (χ0n) is 14.4. The zero-order chi connectivity index (χ0) is 16.9. The van der Waals surface area contributed by atoms with E-state index in [9.17, 15) is 9.59 Å². The number of amides is 3. The van der Waals surface area contributed by atoms with Crippen LogP contribution in [0, 0.1) is 0 Å². The third-order valence-electron chi connectivity index (χ3n) is 4.93. The normalized spacial score (nSPS) is 22.2. The van der Waals surface area contributed by atoms with Gasteiger partial charge in [-0.05, 0) is 31.4 Å². The van der Waals surface area contributed by atoms with E-state index in [1.165, 1.54) is 0 Å². The van der Waals surface area contributed by atoms with Gasteiger partial charge >= 0.3 is 6.03 Å². The van der Waals surface area contributed by atoms with Crippen LogP contribution < -0.4 is 5.32 Å². The van der Waals surface area contributed by atoms with Gasteiger partial charge < -0.3 is 19.5 Å². The zero-order valence-corrected chi connectivity index (χ0v) is 14.4. The maximum Gasteiger partial charge on any atom is 0.317 e. The quantitative estimate of drug-likeness (QED) is 0.921. The molecule has 2 fully saturated rings. The van der Waals surface area contributed by atoms with Crippen LogP contribution in [0.4, 0.5) is 4.79 Å². The fourth-order valence-electron chi connectivity index (χ4n) is 3.55. The molecule has 1 aromatic heterocycles. The van der Waals surface area contributed by atoms with Crippen LogP contribution in [0.1, 0.15) is 56.6 Å². The van der Waals surface area contributed by atoms with Gasteiger partial charge in [0.05, 0.1) is 6.04 Å². The minimum Gasteiger partial charge on any atom is -0.464 e. The predicted octanol–water partition coefficient (Wildman–Crippen LogP) is 2.70. The number of aryl methyl sites for hydroxylation is 1. The van der Waals surface area contributed by atoms with Gasteiger partial charge in [-0.25, -0.2) is 4.79 Å². The van der Waals surface area contributed by atoms with E-state index in [0.717, 1.165) is 56.6 Å². The summed E-state index contributed by atoms with van der Waals surface area (Å²) in [6.45, 7) is 4.30. The van der Waals surface area contributed by atoms with Gasteiger partial charge in [0.25, 0.3) is 0 Å². The first kappa shape index (κ1) is 16.9. The average Bonchev–Trinajstić information content (AvgIpc) is 2.93. The summed E-state index contributed by atoms with van der Waals surface area (Å²) in [4.78, 5) is 28.3. The van der Waals surface area contributed by atoms with Crippen molar-refractivity contribution in [2.75, 3.05) is 26.2 Å². The minimum absolute atomic E-state index is 0.00634. The molecule has 1 aromatic rings. The van der Waals surface area contributed by atoms with Crippen LogP contribution in [0.25, 0.3) is 0 Å². The monoisotopic (exact) mass is 333 g/mol. The highest BCUT2D eigenvalue weighted by Crippen LogP contribution is 2.31. The summed E-state index contributed by atoms with van der Waals surface area (Å²) in [7, 11) is 0. The first-order valence-electron chi connectivity index (χ1n) is 9.10. The van der Waals surface area contributed by atoms with Crippen molar-refractivity contribution < 1.29 is 14.0 Å². The highest BCUT2D eigenvalue weighted by atomic mass is 16.3. The Morgan fingerprint density at radius 1 is 1.25 bits per heavy atom. The summed E-state index contributed by atoms with van der Waals surface area (Å²) in [5, 5.41) is 2.80. The predicted molar refractivity (Wildman–Crippen MR) is 90.6 cm³/mol. The van der Waals surface area contributed by atoms with Gasteiger partial charge in [-0.15, -0.1) is 0 Å². The minimum atomic E-state index is -0.132. The lowest BCUT2D eigenvalue weighted by molar-refractivity contribution is -0.134. The molecule has 132 valence electrons. The molecule has 0 spiro atoms. The van der Waals surface area contributed by atoms with Gasteiger partial charge in [0.1, 0.15) is 18.1 Å². The van der Waals surface area contributed by atoms with Crippen molar-refractivity contribution >= 4 is 11.9 Å². The summed E-state index contributed by atoms with van der Waals surface area (Å²) in [6, 6.07) is 3.87. The van der Waals surface area contributed by atoms with Crippen LogP contribution in [-0.4, -0.2) is 47.9 Å². The van der Waals surface area contributed by atoms with Crippen molar-refractivity contribution in [1.29, 1.82) is 0 Å². The van der Waals surface area contributed by atoms with E-state index in [-0.39, 0.29) is 24.5 Å². The Labute approximate surface area is 143 Å². The van der Waals surface area contributed by atoms with Crippen molar-refractivity contribution in [3.8, 4) is 0 Å². The first-order chi connectivity index (χ1) is 11.7. The topological polar surface area (TPSA) is 65.8 Å². The fourth-order valence-corrected chi connectivity index (χ4v) is 3.55. The summed E-state index contributed by atoms with van der Waals surface area (Å²) in [5.41, 5.74) is 0. The van der Waals surface area contributed by atoms with Crippen LogP contribution in [-0.2, 0) is 11.2 Å². The maximum atomic E-state index is 12.9. The number of carbonyl (C=O) groups excluding carboxylic acids is 2. The number of carbonyl (C=O) groups is 2. The largest absolute Gasteiger partial charge is 0.464 e. The van der Waals surface area contributed by atoms with Gasteiger partial charge in [-0.1, -0.05) is 19.8 Å². The number of furan rings is 1. The molecule has 2 saturated heterocycles. The molecule has 3 rings (SSSR count). The van der Waals surface area contributed by atoms with Crippen LogP contribution in [0.2, 0.25) is 0 Å². The molecule has 1 atom stereocenters. The molecular weight excluding hydrogens is 306 g/mol. The summed E-state index contributed by atoms with van der Waals surface area (Å²) in [5.74, 6) is 1.86. The number of hydrogen-bond acceptors (Lipinski definition) is 3. The molecule has 24 heavy (non-hydrogen) atoms. The molecule has 3 heterocycles. The van der Waals surface area contributed by atoms with E-state index in [0.29, 0.717) is 13.1 Å². The van der Waals surface area contributed by atoms with Crippen LogP contribution >= 0.6 is 0 Å². The van der Waals surface area contributed by atoms with Crippen LogP contribution in [0.15, 0.2) is 16.5 Å². The standard InChI is InChI=1S/C18H27N3O3/c1-2-14-8-9-16(24-14)15-7-4-3-5-12-21(15)17(22)13-20-11-6-10-19-18(20)23/h8-9,15H,2-7,10-13H2,1H3,(H,19,23)/t15-/m0/s1. The van der Waals surface area contributed by atoms with Gasteiger partial charge in [-0.3, -0.25) is 4.79 Å². The molecule has 2 aliphatic rings. The van der Waals surface area contributed by atoms with E-state index in [4.69, 9.17) is 4.42 Å². The summed E-state index contributed by atoms with van der Waals surface area (Å²) in [6.07, 6.45) is 5.91. The van der Waals surface area contributed by atoms with Crippen LogP contribution in [0.5, 0.6) is 0 Å². The third kappa shape index (κ3) is 3.74. The fraction of sp³-hybridized carbons (Fsp3) is 0.667. The van der Waals surface area contributed by atoms with Crippen molar-refractivity contribution in [3.05, 3.63) is 23.7 Å². The number of likely N-dealkylation sites (tertiary alicyclic amines) is 1. The Kier molecular flexibility index (Phi) is 5.43. The van der Waals surface area contributed by atoms with E-state index in [1.807, 2.05) is 17.0 Å². The van der Waals surface area contributed by atoms with E-state index in [2.05, 4.69) is 12.2 Å². The third-order valence-corrected chi connectivity index (χ3v) is 4.93. The number of nitrogens with one attached hydrogen (secondary N) is 1. The molecule has 6 heteroatoms. The highest BCUT2D eigenvalue weighted by molar-refractivity contribution is 5.84. The lowest BCUT2D eigenvalue weighted by Gasteiger charge is -2.33. The summed E-state index contributed by atoms with van der Waals surface area (Å²) < 4.78 is 5.93. The SMILES string of the molecule is CCc1ccc([C@@H]2CCCCCN2C(=O)CN2CCCNC2=O)o1. The molecule has 2 aliphatic heterocycles. The molecule has 0 aliphatic carbocycles. The Bertz CT molecular complexity index is 584. The molecule has 0 radical (unpaired) electrons. The lowest BCUT2D eigenvalue weighted by atomic mass is 10.1. The number of hydrogen-bond donors (Lipinski definition) is 1. The molecule has 0 aromatic carbocycles. The molecule has 1 N–H and O–H groups in total. The molecule has 3 amide bonds. The summed E-state index contributed by atoms with van der Waals surface area (Å²) >= 11 is 0. The van der Waals surface area contributed by atoms with Crippen molar-refractivity contribution in [3.63, 3.8) is 0 Å². The second-order valence-electron chi connectivity index (χ2n) is 6.62. The number of urea groups is 1. The molecule has 0 bridgehead atoms. The smallest absolute Gasteiger partial charge is 0.317 e. The van der Waals surface area contributed by atoms with E-state index >= 15 is 0 Å². The van der Waals surface area contributed by atoms with Crippen LogP contribution in [0.3, 0.4) is 0 Å². The van der Waals surface area contributed by atoms with Gasteiger partial charge in [0, 0.05) is 26.1 Å². The lowest BCUT2D eigenvalue weighted by Crippen LogP contribution is -2.51. The Hall–Kier alpha value is -1.98. The van der Waals surface area contributed by atoms with Gasteiger partial charge in [-0.2, -0.15) is 0 Å².